The van der Waals surface area contributed by atoms with Crippen LogP contribution in [0.2, 0.25) is 0 Å². The smallest absolute Gasteiger partial charge is 0.339 e. The topological polar surface area (TPSA) is 63.6 Å². The van der Waals surface area contributed by atoms with Crippen molar-refractivity contribution >= 4 is 155 Å². The summed E-state index contributed by atoms with van der Waals surface area (Å²) in [6, 6.07) is 10.3. The van der Waals surface area contributed by atoms with E-state index in [2.05, 4.69) is 155 Å². The molecular formula is C24H17Br9O4. The van der Waals surface area contributed by atoms with Crippen molar-refractivity contribution in [3.63, 3.8) is 0 Å². The summed E-state index contributed by atoms with van der Waals surface area (Å²) in [5, 5.41) is 9.53. The van der Waals surface area contributed by atoms with Crippen molar-refractivity contribution in [2.75, 3.05) is 11.9 Å². The van der Waals surface area contributed by atoms with Gasteiger partial charge < -0.3 is 9.84 Å². The number of carboxylic acids is 1. The number of carbonyl (C=O) groups is 2. The Morgan fingerprint density at radius 3 is 1.43 bits per heavy atom. The van der Waals surface area contributed by atoms with Crippen molar-refractivity contribution < 1.29 is 19.4 Å². The maximum atomic E-state index is 11.7. The van der Waals surface area contributed by atoms with Gasteiger partial charge in [-0.3, -0.25) is 0 Å². The highest BCUT2D eigenvalue weighted by Gasteiger charge is 2.18. The summed E-state index contributed by atoms with van der Waals surface area (Å²) < 4.78 is 4.76. The van der Waals surface area contributed by atoms with Gasteiger partial charge in [0.05, 0.1) is 31.4 Å². The lowest BCUT2D eigenvalue weighted by Crippen LogP contribution is -2.06. The highest BCUT2D eigenvalue weighted by atomic mass is 79.9. The molecule has 0 saturated carbocycles. The van der Waals surface area contributed by atoms with Crippen molar-refractivity contribution in [1.29, 1.82) is 0 Å². The summed E-state index contributed by atoms with van der Waals surface area (Å²) in [5.41, 5.74) is 4.56. The number of aromatic carboxylic acids is 1. The van der Waals surface area contributed by atoms with E-state index in [1.165, 1.54) is 0 Å². The molecule has 0 saturated heterocycles. The normalized spacial score (nSPS) is 10.1. The van der Waals surface area contributed by atoms with Crippen molar-refractivity contribution in [2.24, 2.45) is 0 Å². The van der Waals surface area contributed by atoms with Gasteiger partial charge >= 0.3 is 11.9 Å². The van der Waals surface area contributed by atoms with Crippen LogP contribution in [-0.4, -0.2) is 29.0 Å². The van der Waals surface area contributed by atoms with Crippen LogP contribution >= 0.6 is 143 Å². The molecule has 0 radical (unpaired) electrons. The van der Waals surface area contributed by atoms with Crippen LogP contribution in [0.3, 0.4) is 0 Å². The molecule has 1 N–H and O–H groups in total. The second-order valence-corrected chi connectivity index (χ2v) is 19.1. The molecule has 0 amide bonds. The Bertz CT molecular complexity index is 1120. The molecule has 13 heteroatoms. The van der Waals surface area contributed by atoms with Gasteiger partial charge in [-0.1, -0.05) is 167 Å². The number of benzene rings is 2. The first-order valence-corrected chi connectivity index (χ1v) is 18.0. The third-order valence-electron chi connectivity index (χ3n) is 3.96. The van der Waals surface area contributed by atoms with Crippen LogP contribution in [0.15, 0.2) is 36.4 Å². The van der Waals surface area contributed by atoms with Crippen molar-refractivity contribution in [2.45, 2.75) is 14.9 Å². The van der Waals surface area contributed by atoms with Gasteiger partial charge in [0, 0.05) is 0 Å². The molecule has 2 rings (SSSR count). The minimum atomic E-state index is -0.927. The van der Waals surface area contributed by atoms with E-state index in [1.54, 1.807) is 30.3 Å². The number of ether oxygens (including phenoxy) is 1. The average Bonchev–Trinajstić information content (AvgIpc) is 2.86. The Kier molecular flexibility index (Phi) is 21.1. The number of esters is 1. The molecule has 0 aliphatic heterocycles. The van der Waals surface area contributed by atoms with Gasteiger partial charge in [-0.2, -0.15) is 0 Å². The lowest BCUT2D eigenvalue weighted by atomic mass is 10.1. The molecule has 0 aromatic heterocycles. The molecule has 0 aliphatic rings. The molecule has 2 aromatic carbocycles. The van der Waals surface area contributed by atoms with E-state index in [9.17, 15) is 9.59 Å². The summed E-state index contributed by atoms with van der Waals surface area (Å²) >= 11 is 30.3. The van der Waals surface area contributed by atoms with Crippen LogP contribution in [-0.2, 0) is 4.74 Å². The molecule has 200 valence electrons. The third-order valence-corrected chi connectivity index (χ3v) is 8.23. The van der Waals surface area contributed by atoms with Crippen LogP contribution in [0.5, 0.6) is 0 Å². The summed E-state index contributed by atoms with van der Waals surface area (Å²) in [6.07, 6.45) is 9.77. The zero-order valence-corrected chi connectivity index (χ0v) is 32.7. The molecule has 0 bridgehead atoms. The quantitative estimate of drug-likeness (QED) is 0.171. The number of halogens is 9. The maximum absolute atomic E-state index is 11.7. The number of carbonyl (C=O) groups excluding carboxylic acids is 1. The Balaban J connectivity index is 0.000000619. The van der Waals surface area contributed by atoms with Crippen molar-refractivity contribution in [1.82, 2.24) is 0 Å². The van der Waals surface area contributed by atoms with Gasteiger partial charge in [0.25, 0.3) is 0 Å². The second kappa shape index (κ2) is 20.7. The molecule has 0 aliphatic carbocycles. The number of hydrogen-bond acceptors (Lipinski definition) is 3. The second-order valence-electron chi connectivity index (χ2n) is 6.31. The van der Waals surface area contributed by atoms with Crippen LogP contribution in [0.25, 0.3) is 0 Å². The molecular weight excluding hydrogens is 1070 g/mol. The zero-order chi connectivity index (χ0) is 28.7. The van der Waals surface area contributed by atoms with E-state index < -0.39 is 11.9 Å². The van der Waals surface area contributed by atoms with Crippen molar-refractivity contribution in [3.05, 3.63) is 69.8 Å². The van der Waals surface area contributed by atoms with Gasteiger partial charge in [0.15, 0.2) is 6.61 Å². The minimum Gasteiger partial charge on any atom is -0.478 e. The molecule has 2 aromatic rings. The minimum absolute atomic E-state index is 0.000412. The van der Waals surface area contributed by atoms with Crippen LogP contribution in [0, 0.1) is 24.7 Å². The molecule has 37 heavy (non-hydrogen) atoms. The summed E-state index contributed by atoms with van der Waals surface area (Å²) in [5.74, 6) is 3.25. The predicted octanol–water partition coefficient (Wildman–Crippen LogP) is 11.0. The van der Waals surface area contributed by atoms with Gasteiger partial charge in [0.2, 0.25) is 0 Å². The predicted molar refractivity (Wildman–Crippen MR) is 184 cm³/mol. The van der Waals surface area contributed by atoms with Gasteiger partial charge in [-0.15, -0.1) is 12.8 Å². The standard InChI is InChI=1S/C12H8Br4O2.C9H6Br4O2.C3H3Br/c1-2-5-18-12(17)7-3-4-8(10(13)14)9(6-7)11(15)16;10-7(11)5-2-1-4(9(14)15)3-6(5)8(12)13;1-2-3-4/h1,3-4,6,10-11H,5H2;1-3,7-8H,(H,14,15);1H,3H2. The molecule has 4 nitrogen and oxygen atoms in total. The molecule has 0 spiro atoms. The summed E-state index contributed by atoms with van der Waals surface area (Å²) in [6.45, 7) is -0.0263. The van der Waals surface area contributed by atoms with E-state index in [0.29, 0.717) is 10.9 Å². The van der Waals surface area contributed by atoms with Gasteiger partial charge in [-0.05, 0) is 46.5 Å². The molecule has 0 heterocycles. The van der Waals surface area contributed by atoms with Crippen LogP contribution < -0.4 is 0 Å². The van der Waals surface area contributed by atoms with E-state index in [0.717, 1.165) is 22.3 Å². The Morgan fingerprint density at radius 2 is 1.11 bits per heavy atom. The molecule has 0 atom stereocenters. The van der Waals surface area contributed by atoms with Crippen molar-refractivity contribution in [3.8, 4) is 24.7 Å². The highest BCUT2D eigenvalue weighted by Crippen LogP contribution is 2.41. The Morgan fingerprint density at radius 1 is 0.730 bits per heavy atom. The number of terminal acetylenes is 2. The number of hydrogen-bond donors (Lipinski definition) is 1. The first-order chi connectivity index (χ1) is 17.3. The van der Waals surface area contributed by atoms with Gasteiger partial charge in [0.1, 0.15) is 0 Å². The Hall–Kier alpha value is 0.820. The van der Waals surface area contributed by atoms with E-state index >= 15 is 0 Å². The van der Waals surface area contributed by atoms with E-state index in [1.807, 2.05) is 6.07 Å². The third kappa shape index (κ3) is 14.3. The first kappa shape index (κ1) is 37.8. The number of rotatable bonds is 7. The molecule has 0 unspecified atom stereocenters. The number of alkyl halides is 9. The lowest BCUT2D eigenvalue weighted by Gasteiger charge is -2.13. The van der Waals surface area contributed by atoms with Crippen LogP contribution in [0.1, 0.15) is 57.9 Å². The van der Waals surface area contributed by atoms with E-state index in [4.69, 9.17) is 22.7 Å². The Labute approximate surface area is 292 Å². The van der Waals surface area contributed by atoms with E-state index in [-0.39, 0.29) is 27.1 Å². The summed E-state index contributed by atoms with van der Waals surface area (Å²) in [4.78, 5) is 22.5. The average molecular weight is 1090 g/mol. The summed E-state index contributed by atoms with van der Waals surface area (Å²) in [7, 11) is 0. The van der Waals surface area contributed by atoms with Gasteiger partial charge in [-0.25, -0.2) is 9.59 Å². The number of carboxylic acid groups (broad SMARTS) is 1. The highest BCUT2D eigenvalue weighted by molar-refractivity contribution is 9.25. The largest absolute Gasteiger partial charge is 0.478 e. The van der Waals surface area contributed by atoms with Crippen LogP contribution in [0.4, 0.5) is 0 Å². The zero-order valence-electron chi connectivity index (χ0n) is 18.4. The fourth-order valence-electron chi connectivity index (χ4n) is 2.38. The fourth-order valence-corrected chi connectivity index (χ4v) is 5.63. The molecule has 0 fully saturated rings. The lowest BCUT2D eigenvalue weighted by molar-refractivity contribution is 0.0556. The fraction of sp³-hybridized carbons (Fsp3) is 0.250. The SMILES string of the molecule is C#CCBr.C#CCOC(=O)c1ccc(C(Br)Br)c(C(Br)Br)c1.O=C(O)c1ccc(C(Br)Br)c(C(Br)Br)c1. The maximum Gasteiger partial charge on any atom is 0.339 e. The first-order valence-electron chi connectivity index (χ1n) is 9.55. The monoisotopic (exact) mass is 1080 g/mol.